The highest BCUT2D eigenvalue weighted by Gasteiger charge is 2.20. The normalized spacial score (nSPS) is 12.3. The summed E-state index contributed by atoms with van der Waals surface area (Å²) in [5.41, 5.74) is 5.36. The van der Waals surface area contributed by atoms with Crippen molar-refractivity contribution >= 4 is 0 Å². The van der Waals surface area contributed by atoms with Crippen molar-refractivity contribution in [3.8, 4) is 22.6 Å². The number of fused-ring (bicyclic) bond motifs is 3. The molecule has 1 aliphatic heterocycles. The Morgan fingerprint density at radius 2 is 2.04 bits per heavy atom. The third-order valence-corrected chi connectivity index (χ3v) is 3.97. The van der Waals surface area contributed by atoms with Crippen molar-refractivity contribution in [3.05, 3.63) is 47.0 Å². The zero-order valence-corrected chi connectivity index (χ0v) is 13.6. The zero-order chi connectivity index (χ0) is 16.2. The molecule has 4 nitrogen and oxygen atoms in total. The molecular formula is C19H22O4. The Morgan fingerprint density at radius 1 is 1.17 bits per heavy atom. The number of ether oxygens (including phenoxy) is 3. The van der Waals surface area contributed by atoms with Gasteiger partial charge in [0.2, 0.25) is 0 Å². The summed E-state index contributed by atoms with van der Waals surface area (Å²) in [6, 6.07) is 9.89. The standard InChI is InChI=1S/C19H22O4/c1-3-21-6-7-22-16-8-13(2)19-15(10-16)12-23-18-5-4-14(11-20)9-17(18)19/h4-5,8-10,20H,3,6-7,11-12H2,1-2H3. The van der Waals surface area contributed by atoms with Crippen LogP contribution in [0.4, 0.5) is 0 Å². The Labute approximate surface area is 136 Å². The number of aryl methyl sites for hydroxylation is 1. The zero-order valence-electron chi connectivity index (χ0n) is 13.6. The van der Waals surface area contributed by atoms with Crippen LogP contribution in [0.5, 0.6) is 11.5 Å². The number of hydrogen-bond acceptors (Lipinski definition) is 4. The van der Waals surface area contributed by atoms with E-state index in [-0.39, 0.29) is 6.61 Å². The first-order valence-corrected chi connectivity index (χ1v) is 7.94. The van der Waals surface area contributed by atoms with E-state index < -0.39 is 0 Å². The van der Waals surface area contributed by atoms with Crippen LogP contribution in [0, 0.1) is 6.92 Å². The lowest BCUT2D eigenvalue weighted by Crippen LogP contribution is -2.10. The quantitative estimate of drug-likeness (QED) is 0.830. The van der Waals surface area contributed by atoms with E-state index in [1.54, 1.807) is 0 Å². The fourth-order valence-corrected chi connectivity index (χ4v) is 2.92. The van der Waals surface area contributed by atoms with Crippen LogP contribution in [0.1, 0.15) is 23.6 Å². The fraction of sp³-hybridized carbons (Fsp3) is 0.368. The Bertz CT molecular complexity index is 694. The minimum absolute atomic E-state index is 0.0281. The monoisotopic (exact) mass is 314 g/mol. The van der Waals surface area contributed by atoms with Crippen LogP contribution in [0.2, 0.25) is 0 Å². The van der Waals surface area contributed by atoms with Gasteiger partial charge in [0.25, 0.3) is 0 Å². The predicted octanol–water partition coefficient (Wildman–Crippen LogP) is 3.46. The highest BCUT2D eigenvalue weighted by molar-refractivity contribution is 5.79. The summed E-state index contributed by atoms with van der Waals surface area (Å²) in [6.45, 7) is 6.44. The summed E-state index contributed by atoms with van der Waals surface area (Å²) in [5.74, 6) is 1.70. The highest BCUT2D eigenvalue weighted by Crippen LogP contribution is 2.41. The summed E-state index contributed by atoms with van der Waals surface area (Å²) >= 11 is 0. The van der Waals surface area contributed by atoms with E-state index in [0.29, 0.717) is 26.4 Å². The van der Waals surface area contributed by atoms with Gasteiger partial charge in [0.15, 0.2) is 0 Å². The Balaban J connectivity index is 1.90. The van der Waals surface area contributed by atoms with Gasteiger partial charge in [0, 0.05) is 17.7 Å². The van der Waals surface area contributed by atoms with Gasteiger partial charge in [0.05, 0.1) is 13.2 Å². The van der Waals surface area contributed by atoms with Gasteiger partial charge in [0.1, 0.15) is 24.7 Å². The summed E-state index contributed by atoms with van der Waals surface area (Å²) < 4.78 is 16.9. The van der Waals surface area contributed by atoms with Crippen LogP contribution in [0.15, 0.2) is 30.3 Å². The molecule has 0 atom stereocenters. The predicted molar refractivity (Wildman–Crippen MR) is 88.9 cm³/mol. The molecular weight excluding hydrogens is 292 g/mol. The molecule has 0 amide bonds. The third kappa shape index (κ3) is 3.33. The SMILES string of the molecule is CCOCCOc1cc(C)c2c(c1)COc1ccc(CO)cc1-2. The lowest BCUT2D eigenvalue weighted by Gasteiger charge is -2.24. The van der Waals surface area contributed by atoms with Gasteiger partial charge in [-0.2, -0.15) is 0 Å². The van der Waals surface area contributed by atoms with E-state index in [2.05, 4.69) is 6.92 Å². The molecule has 0 aromatic heterocycles. The average Bonchev–Trinajstić information content (AvgIpc) is 2.57. The van der Waals surface area contributed by atoms with Gasteiger partial charge >= 0.3 is 0 Å². The van der Waals surface area contributed by atoms with Crippen LogP contribution in [0.25, 0.3) is 11.1 Å². The van der Waals surface area contributed by atoms with E-state index >= 15 is 0 Å². The van der Waals surface area contributed by atoms with Crippen LogP contribution in [0.3, 0.4) is 0 Å². The second kappa shape index (κ2) is 7.02. The topological polar surface area (TPSA) is 47.9 Å². The average molecular weight is 314 g/mol. The lowest BCUT2D eigenvalue weighted by atomic mass is 9.91. The van der Waals surface area contributed by atoms with Crippen LogP contribution >= 0.6 is 0 Å². The van der Waals surface area contributed by atoms with Crippen molar-refractivity contribution in [2.45, 2.75) is 27.1 Å². The maximum Gasteiger partial charge on any atom is 0.127 e. The van der Waals surface area contributed by atoms with E-state index in [1.165, 1.54) is 5.56 Å². The van der Waals surface area contributed by atoms with Crippen molar-refractivity contribution in [1.29, 1.82) is 0 Å². The second-order valence-corrected chi connectivity index (χ2v) is 5.60. The van der Waals surface area contributed by atoms with Gasteiger partial charge in [-0.25, -0.2) is 0 Å². The summed E-state index contributed by atoms with van der Waals surface area (Å²) in [6.07, 6.45) is 0. The first-order valence-electron chi connectivity index (χ1n) is 7.94. The molecule has 0 unspecified atom stereocenters. The van der Waals surface area contributed by atoms with Crippen LogP contribution < -0.4 is 9.47 Å². The molecule has 2 aromatic carbocycles. The molecule has 3 rings (SSSR count). The molecule has 4 heteroatoms. The Kier molecular flexibility index (Phi) is 4.84. The number of aliphatic hydroxyl groups is 1. The van der Waals surface area contributed by atoms with Crippen molar-refractivity contribution in [2.75, 3.05) is 19.8 Å². The smallest absolute Gasteiger partial charge is 0.127 e. The van der Waals surface area contributed by atoms with E-state index in [4.69, 9.17) is 14.2 Å². The minimum atomic E-state index is 0.0281. The number of hydrogen-bond donors (Lipinski definition) is 1. The molecule has 1 N–H and O–H groups in total. The molecule has 0 spiro atoms. The van der Waals surface area contributed by atoms with Crippen molar-refractivity contribution < 1.29 is 19.3 Å². The summed E-state index contributed by atoms with van der Waals surface area (Å²) in [5, 5.41) is 9.37. The largest absolute Gasteiger partial charge is 0.491 e. The molecule has 0 saturated carbocycles. The summed E-state index contributed by atoms with van der Waals surface area (Å²) in [7, 11) is 0. The minimum Gasteiger partial charge on any atom is -0.491 e. The van der Waals surface area contributed by atoms with Gasteiger partial charge in [-0.3, -0.25) is 0 Å². The fourth-order valence-electron chi connectivity index (χ4n) is 2.92. The molecule has 0 saturated heterocycles. The molecule has 1 heterocycles. The van der Waals surface area contributed by atoms with Crippen LogP contribution in [-0.2, 0) is 18.0 Å². The Morgan fingerprint density at radius 3 is 2.83 bits per heavy atom. The van der Waals surface area contributed by atoms with Crippen molar-refractivity contribution in [3.63, 3.8) is 0 Å². The first kappa shape index (κ1) is 15.8. The molecule has 122 valence electrons. The molecule has 0 fully saturated rings. The lowest BCUT2D eigenvalue weighted by molar-refractivity contribution is 0.110. The third-order valence-electron chi connectivity index (χ3n) is 3.97. The molecule has 2 aromatic rings. The van der Waals surface area contributed by atoms with E-state index in [9.17, 15) is 5.11 Å². The van der Waals surface area contributed by atoms with Gasteiger partial charge in [-0.15, -0.1) is 0 Å². The van der Waals surface area contributed by atoms with Crippen molar-refractivity contribution in [2.24, 2.45) is 0 Å². The Hall–Kier alpha value is -2.04. The maximum absolute atomic E-state index is 9.37. The molecule has 23 heavy (non-hydrogen) atoms. The number of rotatable bonds is 6. The van der Waals surface area contributed by atoms with E-state index in [1.807, 2.05) is 37.3 Å². The second-order valence-electron chi connectivity index (χ2n) is 5.60. The molecule has 0 aliphatic carbocycles. The summed E-state index contributed by atoms with van der Waals surface area (Å²) in [4.78, 5) is 0. The maximum atomic E-state index is 9.37. The van der Waals surface area contributed by atoms with Gasteiger partial charge in [-0.1, -0.05) is 6.07 Å². The van der Waals surface area contributed by atoms with Gasteiger partial charge in [-0.05, 0) is 54.8 Å². The first-order chi connectivity index (χ1) is 11.2. The molecule has 0 bridgehead atoms. The highest BCUT2D eigenvalue weighted by atomic mass is 16.5. The van der Waals surface area contributed by atoms with Crippen LogP contribution in [-0.4, -0.2) is 24.9 Å². The van der Waals surface area contributed by atoms with Gasteiger partial charge < -0.3 is 19.3 Å². The molecule has 1 aliphatic rings. The van der Waals surface area contributed by atoms with Crippen molar-refractivity contribution in [1.82, 2.24) is 0 Å². The number of aliphatic hydroxyl groups excluding tert-OH is 1. The number of benzene rings is 2. The van der Waals surface area contributed by atoms with E-state index in [0.717, 1.165) is 33.8 Å². The molecule has 0 radical (unpaired) electrons.